The van der Waals surface area contributed by atoms with E-state index in [-0.39, 0.29) is 5.91 Å². The van der Waals surface area contributed by atoms with Crippen LogP contribution >= 0.6 is 22.9 Å². The van der Waals surface area contributed by atoms with E-state index in [2.05, 4.69) is 35.5 Å². The zero-order chi connectivity index (χ0) is 18.7. The Labute approximate surface area is 161 Å². The van der Waals surface area contributed by atoms with Crippen molar-refractivity contribution in [3.8, 4) is 0 Å². The van der Waals surface area contributed by atoms with Gasteiger partial charge in [-0.25, -0.2) is 0 Å². The molecule has 0 saturated heterocycles. The van der Waals surface area contributed by atoms with Crippen molar-refractivity contribution in [2.75, 3.05) is 13.2 Å². The van der Waals surface area contributed by atoms with E-state index in [0.717, 1.165) is 10.2 Å². The van der Waals surface area contributed by atoms with E-state index in [4.69, 9.17) is 16.3 Å². The summed E-state index contributed by atoms with van der Waals surface area (Å²) in [6.07, 6.45) is 0. The van der Waals surface area contributed by atoms with Crippen molar-refractivity contribution in [1.29, 1.82) is 0 Å². The molecule has 136 valence electrons. The second-order valence-corrected chi connectivity index (χ2v) is 7.51. The minimum atomic E-state index is -0.271. The Bertz CT molecular complexity index is 1000. The molecule has 0 fully saturated rings. The highest BCUT2D eigenvalue weighted by Crippen LogP contribution is 2.22. The smallest absolute Gasteiger partial charge is 0.279 e. The molecule has 6 heteroatoms. The van der Waals surface area contributed by atoms with Crippen LogP contribution in [0, 0.1) is 13.8 Å². The van der Waals surface area contributed by atoms with Gasteiger partial charge in [-0.1, -0.05) is 22.9 Å². The van der Waals surface area contributed by atoms with Gasteiger partial charge in [0.2, 0.25) is 0 Å². The standard InChI is InChI=1S/C20H21ClN2O2S/c1-4-25-10-9-23-17-11-13(2)14(3)12-18(17)26-20(23)22-19(24)15-5-7-16(21)8-6-15/h5-8,11-12H,4,9-10H2,1-3H3. The summed E-state index contributed by atoms with van der Waals surface area (Å²) >= 11 is 7.42. The number of benzene rings is 2. The number of hydrogen-bond acceptors (Lipinski definition) is 3. The maximum absolute atomic E-state index is 12.6. The van der Waals surface area contributed by atoms with E-state index in [1.165, 1.54) is 22.5 Å². The molecule has 3 aromatic rings. The third kappa shape index (κ3) is 4.06. The van der Waals surface area contributed by atoms with Crippen LogP contribution in [0.25, 0.3) is 10.2 Å². The molecule has 0 saturated carbocycles. The molecule has 2 aromatic carbocycles. The zero-order valence-electron chi connectivity index (χ0n) is 15.1. The van der Waals surface area contributed by atoms with E-state index < -0.39 is 0 Å². The fraction of sp³-hybridized carbons (Fsp3) is 0.300. The second-order valence-electron chi connectivity index (χ2n) is 6.06. The van der Waals surface area contributed by atoms with Crippen molar-refractivity contribution in [2.24, 2.45) is 4.99 Å². The Balaban J connectivity index is 2.09. The number of carbonyl (C=O) groups is 1. The van der Waals surface area contributed by atoms with E-state index in [1.807, 2.05) is 6.92 Å². The van der Waals surface area contributed by atoms with Crippen LogP contribution in [0.4, 0.5) is 0 Å². The van der Waals surface area contributed by atoms with Crippen LogP contribution < -0.4 is 4.80 Å². The minimum Gasteiger partial charge on any atom is -0.380 e. The number of nitrogens with zero attached hydrogens (tertiary/aromatic N) is 2. The molecule has 0 aliphatic heterocycles. The monoisotopic (exact) mass is 388 g/mol. The Kier molecular flexibility index (Phi) is 5.91. The van der Waals surface area contributed by atoms with Gasteiger partial charge in [-0.05, 0) is 68.3 Å². The van der Waals surface area contributed by atoms with Crippen LogP contribution in [0.3, 0.4) is 0 Å². The molecule has 1 aromatic heterocycles. The molecule has 0 spiro atoms. The van der Waals surface area contributed by atoms with E-state index in [1.54, 1.807) is 24.3 Å². The average molecular weight is 389 g/mol. The molecule has 0 N–H and O–H groups in total. The fourth-order valence-electron chi connectivity index (χ4n) is 2.67. The van der Waals surface area contributed by atoms with Gasteiger partial charge in [0.1, 0.15) is 0 Å². The Hall–Kier alpha value is -1.95. The Morgan fingerprint density at radius 2 is 1.88 bits per heavy atom. The summed E-state index contributed by atoms with van der Waals surface area (Å²) in [5.74, 6) is -0.271. The van der Waals surface area contributed by atoms with Gasteiger partial charge < -0.3 is 9.30 Å². The molecule has 1 amide bonds. The van der Waals surface area contributed by atoms with Crippen molar-refractivity contribution in [2.45, 2.75) is 27.3 Å². The Morgan fingerprint density at radius 3 is 2.58 bits per heavy atom. The Morgan fingerprint density at radius 1 is 1.19 bits per heavy atom. The molecule has 0 aliphatic carbocycles. The predicted molar refractivity (Wildman–Crippen MR) is 107 cm³/mol. The van der Waals surface area contributed by atoms with Gasteiger partial charge in [0.25, 0.3) is 5.91 Å². The maximum atomic E-state index is 12.6. The number of thiazole rings is 1. The lowest BCUT2D eigenvalue weighted by molar-refractivity contribution is 0.0996. The van der Waals surface area contributed by atoms with Gasteiger partial charge in [0.05, 0.1) is 16.8 Å². The molecular weight excluding hydrogens is 368 g/mol. The number of rotatable bonds is 5. The van der Waals surface area contributed by atoms with Crippen LogP contribution in [0.1, 0.15) is 28.4 Å². The van der Waals surface area contributed by atoms with Crippen LogP contribution in [0.15, 0.2) is 41.4 Å². The molecule has 26 heavy (non-hydrogen) atoms. The van der Waals surface area contributed by atoms with Crippen molar-refractivity contribution < 1.29 is 9.53 Å². The predicted octanol–water partition coefficient (Wildman–Crippen LogP) is 4.75. The van der Waals surface area contributed by atoms with Gasteiger partial charge >= 0.3 is 0 Å². The highest BCUT2D eigenvalue weighted by molar-refractivity contribution is 7.16. The van der Waals surface area contributed by atoms with Gasteiger partial charge in [0, 0.05) is 23.7 Å². The van der Waals surface area contributed by atoms with Crippen molar-refractivity contribution in [3.05, 3.63) is 62.9 Å². The number of halogens is 1. The molecule has 0 atom stereocenters. The van der Waals surface area contributed by atoms with Crippen molar-refractivity contribution in [1.82, 2.24) is 4.57 Å². The summed E-state index contributed by atoms with van der Waals surface area (Å²) in [5.41, 5.74) is 4.05. The third-order valence-electron chi connectivity index (χ3n) is 4.25. The molecule has 0 radical (unpaired) electrons. The minimum absolute atomic E-state index is 0.271. The molecule has 4 nitrogen and oxygen atoms in total. The first-order valence-corrected chi connectivity index (χ1v) is 9.72. The quantitative estimate of drug-likeness (QED) is 0.592. The van der Waals surface area contributed by atoms with Gasteiger partial charge in [-0.3, -0.25) is 4.79 Å². The maximum Gasteiger partial charge on any atom is 0.279 e. The van der Waals surface area contributed by atoms with Crippen molar-refractivity contribution >= 4 is 39.1 Å². The van der Waals surface area contributed by atoms with Crippen LogP contribution in [0.2, 0.25) is 5.02 Å². The van der Waals surface area contributed by atoms with Gasteiger partial charge in [-0.15, -0.1) is 0 Å². The summed E-state index contributed by atoms with van der Waals surface area (Å²) in [4.78, 5) is 17.6. The van der Waals surface area contributed by atoms with Crippen LogP contribution in [-0.4, -0.2) is 23.7 Å². The normalized spacial score (nSPS) is 12.1. The summed E-state index contributed by atoms with van der Waals surface area (Å²) < 4.78 is 8.69. The second kappa shape index (κ2) is 8.16. The zero-order valence-corrected chi connectivity index (χ0v) is 16.7. The van der Waals surface area contributed by atoms with E-state index in [9.17, 15) is 4.79 Å². The van der Waals surface area contributed by atoms with Crippen molar-refractivity contribution in [3.63, 3.8) is 0 Å². The molecule has 1 heterocycles. The van der Waals surface area contributed by atoms with Crippen LogP contribution in [0.5, 0.6) is 0 Å². The summed E-state index contributed by atoms with van der Waals surface area (Å²) in [7, 11) is 0. The molecule has 3 rings (SSSR count). The third-order valence-corrected chi connectivity index (χ3v) is 5.54. The summed E-state index contributed by atoms with van der Waals surface area (Å²) in [5, 5.41) is 0.598. The summed E-state index contributed by atoms with van der Waals surface area (Å²) in [6, 6.07) is 11.1. The summed E-state index contributed by atoms with van der Waals surface area (Å²) in [6.45, 7) is 8.06. The van der Waals surface area contributed by atoms with Gasteiger partial charge in [-0.2, -0.15) is 4.99 Å². The number of aromatic nitrogens is 1. The van der Waals surface area contributed by atoms with E-state index in [0.29, 0.717) is 35.1 Å². The average Bonchev–Trinajstić information content (AvgIpc) is 2.92. The SMILES string of the molecule is CCOCCn1c(=NC(=O)c2ccc(Cl)cc2)sc2cc(C)c(C)cc21. The largest absolute Gasteiger partial charge is 0.380 e. The number of amides is 1. The topological polar surface area (TPSA) is 43.6 Å². The number of fused-ring (bicyclic) bond motifs is 1. The lowest BCUT2D eigenvalue weighted by Gasteiger charge is -2.07. The number of carbonyl (C=O) groups excluding carboxylic acids is 1. The number of aryl methyl sites for hydroxylation is 2. The van der Waals surface area contributed by atoms with Crippen LogP contribution in [-0.2, 0) is 11.3 Å². The molecule has 0 unspecified atom stereocenters. The highest BCUT2D eigenvalue weighted by atomic mass is 35.5. The highest BCUT2D eigenvalue weighted by Gasteiger charge is 2.11. The molecule has 0 bridgehead atoms. The first kappa shape index (κ1) is 18.8. The lowest BCUT2D eigenvalue weighted by Crippen LogP contribution is -2.19. The first-order chi connectivity index (χ1) is 12.5. The molecule has 0 aliphatic rings. The number of ether oxygens (including phenoxy) is 1. The fourth-order valence-corrected chi connectivity index (χ4v) is 3.93. The van der Waals surface area contributed by atoms with Gasteiger partial charge in [0.15, 0.2) is 4.80 Å². The lowest BCUT2D eigenvalue weighted by atomic mass is 10.1. The number of hydrogen-bond donors (Lipinski definition) is 0. The first-order valence-electron chi connectivity index (χ1n) is 8.52. The van der Waals surface area contributed by atoms with E-state index >= 15 is 0 Å². The molecular formula is C20H21ClN2O2S.